The van der Waals surface area contributed by atoms with E-state index in [9.17, 15) is 0 Å². The molecule has 0 radical (unpaired) electrons. The number of rotatable bonds is 14. The molecule has 54 heavy (non-hydrogen) atoms. The van der Waals surface area contributed by atoms with Gasteiger partial charge in [-0.15, -0.1) is 31.7 Å². The van der Waals surface area contributed by atoms with Crippen LogP contribution in [0.1, 0.15) is 55.4 Å². The van der Waals surface area contributed by atoms with E-state index in [1.807, 2.05) is 0 Å². The zero-order valence-corrected chi connectivity index (χ0v) is 51.2. The molecule has 0 saturated carbocycles. The molecule has 0 bridgehead atoms. The van der Waals surface area contributed by atoms with Gasteiger partial charge in [0.1, 0.15) is 0 Å². The number of imidazole rings is 2. The summed E-state index contributed by atoms with van der Waals surface area (Å²) in [6, 6.07) is 4.74. The molecule has 0 atom stereocenters. The maximum Gasteiger partial charge on any atom is 2.00 e. The van der Waals surface area contributed by atoms with E-state index in [0.29, 0.717) is 55.4 Å². The number of nitrogens with zero attached hydrogens (tertiary/aromatic N) is 4. The predicted molar refractivity (Wildman–Crippen MR) is 226 cm³/mol. The van der Waals surface area contributed by atoms with Gasteiger partial charge < -0.3 is 96.4 Å². The number of aromatic nitrogens is 4. The van der Waals surface area contributed by atoms with Crippen molar-refractivity contribution >= 4 is 53.8 Å². The van der Waals surface area contributed by atoms with Crippen LogP contribution < -0.4 is 77.1 Å². The summed E-state index contributed by atoms with van der Waals surface area (Å²) in [6.07, 6.45) is 13.2. The van der Waals surface area contributed by atoms with Gasteiger partial charge in [-0.25, -0.2) is 0 Å². The molecule has 6 nitrogen and oxygen atoms in total. The minimum Gasteiger partial charge on any atom is -1.00 e. The molecule has 2 N–H and O–H groups in total. The third-order valence-corrected chi connectivity index (χ3v) is 12.1. The Bertz CT molecular complexity index is 1070. The summed E-state index contributed by atoms with van der Waals surface area (Å²) < 4.78 is 9.28. The predicted octanol–water partition coefficient (Wildman–Crippen LogP) is -3.44. The van der Waals surface area contributed by atoms with Gasteiger partial charge >= 0.3 is 42.1 Å². The second-order valence-corrected chi connectivity index (χ2v) is 25.7. The molecule has 0 amide bonds. The summed E-state index contributed by atoms with van der Waals surface area (Å²) in [4.78, 5) is 0. The van der Waals surface area contributed by atoms with Crippen LogP contribution in [0.2, 0.25) is 0 Å². The van der Waals surface area contributed by atoms with E-state index in [0.717, 1.165) is 40.4 Å². The normalized spacial score (nSPS) is 10.1. The summed E-state index contributed by atoms with van der Waals surface area (Å²) in [5.41, 5.74) is 5.15. The summed E-state index contributed by atoms with van der Waals surface area (Å²) in [6.45, 7) is 41.0. The van der Waals surface area contributed by atoms with Crippen LogP contribution in [0.4, 0.5) is 0 Å². The van der Waals surface area contributed by atoms with E-state index < -0.39 is 0 Å². The monoisotopic (exact) mass is 1450 g/mol. The van der Waals surface area contributed by atoms with Crippen LogP contribution in [-0.4, -0.2) is 112 Å². The van der Waals surface area contributed by atoms with Gasteiger partial charge in [0.25, 0.3) is 0 Å². The van der Waals surface area contributed by atoms with Gasteiger partial charge in [-0.3, -0.25) is 0 Å². The molecular formula is C38H78Br4N4O2P4Pt2. The van der Waals surface area contributed by atoms with Gasteiger partial charge in [-0.2, -0.15) is 0 Å². The van der Waals surface area contributed by atoms with Crippen LogP contribution in [-0.2, 0) is 68.3 Å². The number of aliphatic hydroxyl groups excluding tert-OH is 2. The standard InChI is InChI=1S/C24H38N4.2C6H16P2.2CH4O.4BrH.2Pt/c1-17(2)11-25-15-26(12-18(3)4)22-10-24-23(9-21(22)25)27(13-19(5)6)16-28(24)14-20(7)8;2*1-7(2)5-6-8(3)4;2*1-2;;;;;;/h9-10,17-20H,11-14H2,1-8H3;2*5-6H2,1-4H3;2*2H,1H3;4*1H;;/q;;;;;;;;;2*+2/p-4. The minimum atomic E-state index is 0. The molecule has 330 valence electrons. The average molecular weight is 1460 g/mol. The molecule has 0 fully saturated rings. The summed E-state index contributed by atoms with van der Waals surface area (Å²) in [7, 11) is 3.53. The third-order valence-electron chi connectivity index (χ3n) is 6.90. The first-order valence-corrected chi connectivity index (χ1v) is 27.4. The SMILES string of the molecule is CC(C)Cn1[c-][n+](CC(C)C)c2cc3c(cc21)[n+](CC(C)C)[c-]n3CC(C)C.CO.CO.CP(C)CCP(C)C.CP(C)CCP(C)C.[Br-].[Br-].[Br-].[Br-].[Pt+2].[Pt+2]. The Labute approximate surface area is 410 Å². The molecule has 1 aromatic carbocycles. The zero-order chi connectivity index (χ0) is 37.7. The largest absolute Gasteiger partial charge is 2.00 e. The molecule has 0 unspecified atom stereocenters. The molecule has 3 aromatic rings. The van der Waals surface area contributed by atoms with E-state index >= 15 is 0 Å². The van der Waals surface area contributed by atoms with Crippen molar-refractivity contribution in [2.75, 3.05) is 92.2 Å². The smallest absolute Gasteiger partial charge is 1.00 e. The fraction of sp³-hybridized carbons (Fsp3) is 0.789. The first kappa shape index (κ1) is 74.5. The van der Waals surface area contributed by atoms with Crippen LogP contribution in [0.25, 0.3) is 22.1 Å². The summed E-state index contributed by atoms with van der Waals surface area (Å²) in [5.74, 6) is 2.37. The van der Waals surface area contributed by atoms with E-state index in [-0.39, 0.29) is 110 Å². The van der Waals surface area contributed by atoms with Crippen LogP contribution >= 0.6 is 31.7 Å². The van der Waals surface area contributed by atoms with Gasteiger partial charge in [0, 0.05) is 36.3 Å². The Hall–Kier alpha value is 3.10. The van der Waals surface area contributed by atoms with E-state index in [1.54, 1.807) is 0 Å². The molecule has 0 spiro atoms. The van der Waals surface area contributed by atoms with Gasteiger partial charge in [0.05, 0.1) is 26.2 Å². The second kappa shape index (κ2) is 42.8. The van der Waals surface area contributed by atoms with Crippen molar-refractivity contribution in [3.8, 4) is 0 Å². The molecular weight excluding hydrogens is 1380 g/mol. The van der Waals surface area contributed by atoms with Crippen LogP contribution in [0.15, 0.2) is 12.1 Å². The number of hydrogen-bond donors (Lipinski definition) is 2. The number of halogens is 4. The van der Waals surface area contributed by atoms with Crippen LogP contribution in [0, 0.1) is 36.3 Å². The number of fused-ring (bicyclic) bond motifs is 2. The Morgan fingerprint density at radius 1 is 0.481 bits per heavy atom. The van der Waals surface area contributed by atoms with Gasteiger partial charge in [-0.1, -0.05) is 67.5 Å². The van der Waals surface area contributed by atoms with Crippen molar-refractivity contribution in [2.24, 2.45) is 23.7 Å². The van der Waals surface area contributed by atoms with E-state index in [4.69, 9.17) is 10.2 Å². The molecule has 2 aromatic heterocycles. The number of benzene rings is 1. The molecule has 0 aliphatic heterocycles. The summed E-state index contributed by atoms with van der Waals surface area (Å²) in [5, 5.41) is 14.0. The minimum absolute atomic E-state index is 0. The van der Waals surface area contributed by atoms with Gasteiger partial charge in [0.15, 0.2) is 0 Å². The third kappa shape index (κ3) is 33.8. The topological polar surface area (TPSA) is 58.1 Å². The maximum absolute atomic E-state index is 7.00. The van der Waals surface area contributed by atoms with Crippen molar-refractivity contribution in [3.63, 3.8) is 0 Å². The molecule has 3 rings (SSSR count). The Morgan fingerprint density at radius 3 is 0.870 bits per heavy atom. The van der Waals surface area contributed by atoms with E-state index in [2.05, 4.69) is 152 Å². The fourth-order valence-corrected chi connectivity index (χ4v) is 11.1. The molecule has 0 saturated heterocycles. The average Bonchev–Trinajstić information content (AvgIpc) is 3.47. The van der Waals surface area contributed by atoms with Crippen molar-refractivity contribution in [2.45, 2.75) is 81.6 Å². The van der Waals surface area contributed by atoms with Gasteiger partial charge in [-0.05, 0) is 102 Å². The van der Waals surface area contributed by atoms with Crippen molar-refractivity contribution < 1.29 is 129 Å². The van der Waals surface area contributed by atoms with Crippen molar-refractivity contribution in [3.05, 3.63) is 24.8 Å². The van der Waals surface area contributed by atoms with E-state index in [1.165, 1.54) is 46.7 Å². The first-order valence-electron chi connectivity index (χ1n) is 17.7. The maximum atomic E-state index is 7.00. The van der Waals surface area contributed by atoms with Crippen molar-refractivity contribution in [1.29, 1.82) is 0 Å². The van der Waals surface area contributed by atoms with Crippen LogP contribution in [0.3, 0.4) is 0 Å². The Balaban J connectivity index is -0.000000115. The molecule has 0 aliphatic rings. The molecule has 0 aliphatic carbocycles. The zero-order valence-electron chi connectivity index (χ0n) is 36.7. The summed E-state index contributed by atoms with van der Waals surface area (Å²) >= 11 is 0. The quantitative estimate of drug-likeness (QED) is 0.101. The van der Waals surface area contributed by atoms with Gasteiger partial charge in [0.2, 0.25) is 12.7 Å². The number of hydrogen-bond acceptors (Lipinski definition) is 2. The second-order valence-electron chi connectivity index (χ2n) is 15.3. The Morgan fingerprint density at radius 2 is 0.704 bits per heavy atom. The molecule has 2 heterocycles. The Kier molecular flexibility index (Phi) is 59.0. The fourth-order valence-electron chi connectivity index (χ4n) is 4.74. The van der Waals surface area contributed by atoms with Crippen molar-refractivity contribution in [1.82, 2.24) is 9.13 Å². The first-order chi connectivity index (χ1) is 22.4. The number of aliphatic hydroxyl groups is 2. The molecule has 16 heteroatoms. The van der Waals surface area contributed by atoms with Crippen LogP contribution in [0.5, 0.6) is 0 Å².